The predicted molar refractivity (Wildman–Crippen MR) is 111 cm³/mol. The Bertz CT molecular complexity index is 851. The Hall–Kier alpha value is -3.35. The van der Waals surface area contributed by atoms with Crippen molar-refractivity contribution in [2.75, 3.05) is 24.2 Å². The summed E-state index contributed by atoms with van der Waals surface area (Å²) in [5.74, 6) is -0.626. The van der Waals surface area contributed by atoms with Gasteiger partial charge in [-0.2, -0.15) is 0 Å². The molecule has 0 aliphatic heterocycles. The molecule has 7 nitrogen and oxygen atoms in total. The fourth-order valence-corrected chi connectivity index (χ4v) is 2.45. The molecule has 2 rings (SSSR count). The molecule has 0 spiro atoms. The van der Waals surface area contributed by atoms with E-state index in [4.69, 9.17) is 0 Å². The smallest absolute Gasteiger partial charge is 0.251 e. The molecule has 0 bridgehead atoms. The second-order valence-corrected chi connectivity index (χ2v) is 6.43. The van der Waals surface area contributed by atoms with Crippen molar-refractivity contribution in [3.05, 3.63) is 59.7 Å². The number of anilines is 2. The lowest BCUT2D eigenvalue weighted by molar-refractivity contribution is -0.114. The van der Waals surface area contributed by atoms with Crippen LogP contribution in [0.4, 0.5) is 11.4 Å². The van der Waals surface area contributed by atoms with Gasteiger partial charge in [-0.05, 0) is 49.7 Å². The van der Waals surface area contributed by atoms with Crippen LogP contribution in [-0.2, 0) is 4.79 Å². The highest BCUT2D eigenvalue weighted by Gasteiger charge is 2.10. The van der Waals surface area contributed by atoms with Gasteiger partial charge >= 0.3 is 0 Å². The number of rotatable bonds is 8. The highest BCUT2D eigenvalue weighted by molar-refractivity contribution is 5.98. The molecule has 4 N–H and O–H groups in total. The van der Waals surface area contributed by atoms with Crippen LogP contribution in [0.15, 0.2) is 48.5 Å². The van der Waals surface area contributed by atoms with Crippen LogP contribution in [0.25, 0.3) is 0 Å². The first-order valence-electron chi connectivity index (χ1n) is 9.19. The molecule has 0 aliphatic rings. The molecule has 1 atom stereocenters. The van der Waals surface area contributed by atoms with Gasteiger partial charge in [-0.25, -0.2) is 0 Å². The standard InChI is InChI=1S/C21H26N4O3/c1-4-14(2)24-21(28)16-8-5-9-17(11-16)23-13-19(26)25-18-10-6-7-15(12-18)20(27)22-3/h5-12,14,23H,4,13H2,1-3H3,(H,22,27)(H,24,28)(H,25,26). The summed E-state index contributed by atoms with van der Waals surface area (Å²) in [5.41, 5.74) is 2.21. The highest BCUT2D eigenvalue weighted by Crippen LogP contribution is 2.13. The molecule has 0 aliphatic carbocycles. The average molecular weight is 382 g/mol. The third kappa shape index (κ3) is 6.12. The summed E-state index contributed by atoms with van der Waals surface area (Å²) in [6.45, 7) is 3.98. The van der Waals surface area contributed by atoms with E-state index < -0.39 is 0 Å². The van der Waals surface area contributed by atoms with E-state index in [9.17, 15) is 14.4 Å². The van der Waals surface area contributed by atoms with Gasteiger partial charge in [0, 0.05) is 35.6 Å². The molecular formula is C21H26N4O3. The molecular weight excluding hydrogens is 356 g/mol. The fourth-order valence-electron chi connectivity index (χ4n) is 2.45. The van der Waals surface area contributed by atoms with E-state index >= 15 is 0 Å². The molecule has 0 radical (unpaired) electrons. The van der Waals surface area contributed by atoms with Gasteiger partial charge in [0.25, 0.3) is 11.8 Å². The van der Waals surface area contributed by atoms with Gasteiger partial charge in [0.05, 0.1) is 6.54 Å². The van der Waals surface area contributed by atoms with E-state index in [1.807, 2.05) is 13.8 Å². The lowest BCUT2D eigenvalue weighted by Gasteiger charge is -2.13. The van der Waals surface area contributed by atoms with Crippen LogP contribution in [0.5, 0.6) is 0 Å². The van der Waals surface area contributed by atoms with Crippen LogP contribution in [0, 0.1) is 0 Å². The molecule has 0 heterocycles. The van der Waals surface area contributed by atoms with Gasteiger partial charge < -0.3 is 21.3 Å². The van der Waals surface area contributed by atoms with E-state index in [0.29, 0.717) is 22.5 Å². The largest absolute Gasteiger partial charge is 0.376 e. The number of hydrogen-bond acceptors (Lipinski definition) is 4. The zero-order valence-electron chi connectivity index (χ0n) is 16.3. The summed E-state index contributed by atoms with van der Waals surface area (Å²) in [5, 5.41) is 11.2. The summed E-state index contributed by atoms with van der Waals surface area (Å²) >= 11 is 0. The Morgan fingerprint density at radius 2 is 1.54 bits per heavy atom. The molecule has 28 heavy (non-hydrogen) atoms. The van der Waals surface area contributed by atoms with Gasteiger partial charge in [0.15, 0.2) is 0 Å². The van der Waals surface area contributed by atoms with Gasteiger partial charge in [0.2, 0.25) is 5.91 Å². The average Bonchev–Trinajstić information content (AvgIpc) is 2.71. The summed E-state index contributed by atoms with van der Waals surface area (Å²) in [6.07, 6.45) is 0.852. The quantitative estimate of drug-likeness (QED) is 0.564. The second kappa shape index (κ2) is 10.1. The molecule has 148 valence electrons. The first-order chi connectivity index (χ1) is 13.4. The van der Waals surface area contributed by atoms with Gasteiger partial charge in [-0.3, -0.25) is 14.4 Å². The van der Waals surface area contributed by atoms with E-state index in [1.165, 1.54) is 0 Å². The van der Waals surface area contributed by atoms with Crippen molar-refractivity contribution in [3.8, 4) is 0 Å². The van der Waals surface area contributed by atoms with E-state index in [0.717, 1.165) is 6.42 Å². The molecule has 3 amide bonds. The Labute approximate surface area is 164 Å². The maximum Gasteiger partial charge on any atom is 0.251 e. The van der Waals surface area contributed by atoms with Crippen molar-refractivity contribution in [1.82, 2.24) is 10.6 Å². The number of amides is 3. The molecule has 0 fully saturated rings. The van der Waals surface area contributed by atoms with Crippen molar-refractivity contribution in [2.45, 2.75) is 26.3 Å². The van der Waals surface area contributed by atoms with Gasteiger partial charge in [0.1, 0.15) is 0 Å². The van der Waals surface area contributed by atoms with Crippen LogP contribution in [-0.4, -0.2) is 37.4 Å². The predicted octanol–water partition coefficient (Wildman–Crippen LogP) is 2.63. The third-order valence-electron chi connectivity index (χ3n) is 4.20. The Kier molecular flexibility index (Phi) is 7.56. The number of benzene rings is 2. The van der Waals surface area contributed by atoms with Crippen LogP contribution in [0.3, 0.4) is 0 Å². The summed E-state index contributed by atoms with van der Waals surface area (Å²) in [6, 6.07) is 13.8. The first-order valence-corrected chi connectivity index (χ1v) is 9.19. The Morgan fingerprint density at radius 3 is 2.18 bits per heavy atom. The molecule has 2 aromatic carbocycles. The maximum atomic E-state index is 12.2. The maximum absolute atomic E-state index is 12.2. The number of nitrogens with one attached hydrogen (secondary N) is 4. The normalized spacial score (nSPS) is 11.2. The van der Waals surface area contributed by atoms with Crippen LogP contribution in [0.2, 0.25) is 0 Å². The van der Waals surface area contributed by atoms with E-state index in [1.54, 1.807) is 55.6 Å². The molecule has 7 heteroatoms. The van der Waals surface area contributed by atoms with Crippen molar-refractivity contribution in [2.24, 2.45) is 0 Å². The molecule has 0 aromatic heterocycles. The van der Waals surface area contributed by atoms with Crippen LogP contribution >= 0.6 is 0 Å². The lowest BCUT2D eigenvalue weighted by atomic mass is 10.1. The SMILES string of the molecule is CCC(C)NC(=O)c1cccc(NCC(=O)Nc2cccc(C(=O)NC)c2)c1. The molecule has 1 unspecified atom stereocenters. The van der Waals surface area contributed by atoms with Gasteiger partial charge in [-0.1, -0.05) is 19.1 Å². The number of carbonyl (C=O) groups is 3. The topological polar surface area (TPSA) is 99.3 Å². The van der Waals surface area contributed by atoms with Crippen molar-refractivity contribution >= 4 is 29.1 Å². The minimum absolute atomic E-state index is 0.0284. The molecule has 0 saturated carbocycles. The first kappa shape index (κ1) is 21.0. The highest BCUT2D eigenvalue weighted by atomic mass is 16.2. The number of carbonyl (C=O) groups excluding carboxylic acids is 3. The van der Waals surface area contributed by atoms with Crippen LogP contribution < -0.4 is 21.3 Å². The zero-order valence-corrected chi connectivity index (χ0v) is 16.3. The zero-order chi connectivity index (χ0) is 20.5. The summed E-state index contributed by atoms with van der Waals surface area (Å²) in [4.78, 5) is 36.1. The summed E-state index contributed by atoms with van der Waals surface area (Å²) < 4.78 is 0. The monoisotopic (exact) mass is 382 g/mol. The second-order valence-electron chi connectivity index (χ2n) is 6.43. The van der Waals surface area contributed by atoms with Crippen molar-refractivity contribution in [3.63, 3.8) is 0 Å². The van der Waals surface area contributed by atoms with Crippen molar-refractivity contribution < 1.29 is 14.4 Å². The molecule has 2 aromatic rings. The van der Waals surface area contributed by atoms with Crippen molar-refractivity contribution in [1.29, 1.82) is 0 Å². The number of hydrogen-bond donors (Lipinski definition) is 4. The van der Waals surface area contributed by atoms with E-state index in [-0.39, 0.29) is 30.3 Å². The van der Waals surface area contributed by atoms with Crippen LogP contribution in [0.1, 0.15) is 41.0 Å². The van der Waals surface area contributed by atoms with E-state index in [2.05, 4.69) is 21.3 Å². The fraction of sp³-hybridized carbons (Fsp3) is 0.286. The molecule has 0 saturated heterocycles. The minimum atomic E-state index is -0.261. The van der Waals surface area contributed by atoms with Gasteiger partial charge in [-0.15, -0.1) is 0 Å². The lowest BCUT2D eigenvalue weighted by Crippen LogP contribution is -2.31. The Morgan fingerprint density at radius 1 is 0.929 bits per heavy atom. The third-order valence-corrected chi connectivity index (χ3v) is 4.20. The summed E-state index contributed by atoms with van der Waals surface area (Å²) in [7, 11) is 1.55. The Balaban J connectivity index is 1.93. The minimum Gasteiger partial charge on any atom is -0.376 e.